The lowest BCUT2D eigenvalue weighted by Crippen LogP contribution is -2.30. The molecule has 1 unspecified atom stereocenters. The SMILES string of the molecule is CC(=O)Nc1ccc(S(=O)(=O)N2CCSC2c2ccc3c(c2)OCCO3)cc1. The maximum Gasteiger partial charge on any atom is 0.244 e. The summed E-state index contributed by atoms with van der Waals surface area (Å²) in [5.74, 6) is 1.84. The minimum atomic E-state index is -3.67. The minimum Gasteiger partial charge on any atom is -0.486 e. The molecule has 0 bridgehead atoms. The van der Waals surface area contributed by atoms with Crippen LogP contribution < -0.4 is 14.8 Å². The standard InChI is InChI=1S/C19H20N2O5S2/c1-13(22)20-15-3-5-16(6-4-15)28(23,24)21-8-11-27-19(21)14-2-7-17-18(12-14)26-10-9-25-17/h2-7,12,19H,8-11H2,1H3,(H,20,22). The molecule has 1 N–H and O–H groups in total. The zero-order valence-corrected chi connectivity index (χ0v) is 16.9. The molecular formula is C19H20N2O5S2. The molecule has 1 amide bonds. The molecule has 1 atom stereocenters. The summed E-state index contributed by atoms with van der Waals surface area (Å²) in [6.07, 6.45) is 0. The van der Waals surface area contributed by atoms with E-state index in [-0.39, 0.29) is 16.2 Å². The van der Waals surface area contributed by atoms with E-state index in [1.165, 1.54) is 23.4 Å². The van der Waals surface area contributed by atoms with Crippen molar-refractivity contribution < 1.29 is 22.7 Å². The molecule has 0 spiro atoms. The smallest absolute Gasteiger partial charge is 0.244 e. The number of ether oxygens (including phenoxy) is 2. The summed E-state index contributed by atoms with van der Waals surface area (Å²) in [7, 11) is -3.67. The van der Waals surface area contributed by atoms with Gasteiger partial charge in [-0.15, -0.1) is 11.8 Å². The minimum absolute atomic E-state index is 0.201. The predicted molar refractivity (Wildman–Crippen MR) is 107 cm³/mol. The fourth-order valence-electron chi connectivity index (χ4n) is 3.23. The van der Waals surface area contributed by atoms with Gasteiger partial charge in [-0.05, 0) is 42.0 Å². The number of fused-ring (bicyclic) bond motifs is 1. The highest BCUT2D eigenvalue weighted by Gasteiger charge is 2.37. The third kappa shape index (κ3) is 3.69. The molecule has 0 radical (unpaired) electrons. The molecule has 2 aromatic rings. The molecule has 0 saturated carbocycles. The third-order valence-corrected chi connectivity index (χ3v) is 7.75. The Balaban J connectivity index is 1.61. The van der Waals surface area contributed by atoms with Gasteiger partial charge in [0.15, 0.2) is 11.5 Å². The van der Waals surface area contributed by atoms with Gasteiger partial charge in [-0.2, -0.15) is 4.31 Å². The first kappa shape index (κ1) is 19.1. The first-order valence-corrected chi connectivity index (χ1v) is 11.3. The highest BCUT2D eigenvalue weighted by Crippen LogP contribution is 2.44. The molecule has 0 aliphatic carbocycles. The maximum absolute atomic E-state index is 13.2. The monoisotopic (exact) mass is 420 g/mol. The van der Waals surface area contributed by atoms with Crippen LogP contribution in [0.25, 0.3) is 0 Å². The zero-order valence-electron chi connectivity index (χ0n) is 15.3. The number of hydrogen-bond acceptors (Lipinski definition) is 6. The van der Waals surface area contributed by atoms with Crippen LogP contribution in [-0.4, -0.2) is 44.1 Å². The second kappa shape index (κ2) is 7.65. The fourth-order valence-corrected chi connectivity index (χ4v) is 6.46. The molecule has 7 nitrogen and oxygen atoms in total. The van der Waals surface area contributed by atoms with E-state index < -0.39 is 10.0 Å². The van der Waals surface area contributed by atoms with E-state index in [1.54, 1.807) is 23.9 Å². The number of hydrogen-bond donors (Lipinski definition) is 1. The van der Waals surface area contributed by atoms with Crippen LogP contribution in [0, 0.1) is 0 Å². The van der Waals surface area contributed by atoms with Crippen LogP contribution in [0.4, 0.5) is 5.69 Å². The van der Waals surface area contributed by atoms with Gasteiger partial charge in [0.25, 0.3) is 0 Å². The van der Waals surface area contributed by atoms with Crippen molar-refractivity contribution in [3.63, 3.8) is 0 Å². The molecule has 0 aromatic heterocycles. The molecule has 28 heavy (non-hydrogen) atoms. The van der Waals surface area contributed by atoms with Crippen molar-refractivity contribution in [1.29, 1.82) is 0 Å². The molecule has 2 aliphatic heterocycles. The van der Waals surface area contributed by atoms with Gasteiger partial charge >= 0.3 is 0 Å². The van der Waals surface area contributed by atoms with Gasteiger partial charge in [-0.1, -0.05) is 6.07 Å². The number of rotatable bonds is 4. The molecule has 148 valence electrons. The lowest BCUT2D eigenvalue weighted by Gasteiger charge is -2.25. The van der Waals surface area contributed by atoms with E-state index in [0.717, 1.165) is 5.56 Å². The summed E-state index contributed by atoms with van der Waals surface area (Å²) >= 11 is 1.58. The van der Waals surface area contributed by atoms with Crippen LogP contribution >= 0.6 is 11.8 Å². The van der Waals surface area contributed by atoms with Crippen molar-refractivity contribution in [2.45, 2.75) is 17.2 Å². The Bertz CT molecular complexity index is 992. The van der Waals surface area contributed by atoms with Gasteiger partial charge in [-0.3, -0.25) is 4.79 Å². The van der Waals surface area contributed by atoms with Gasteiger partial charge in [0.1, 0.15) is 13.2 Å². The van der Waals surface area contributed by atoms with Crippen LogP contribution in [0.2, 0.25) is 0 Å². The zero-order chi connectivity index (χ0) is 19.7. The Morgan fingerprint density at radius 1 is 1.11 bits per heavy atom. The Morgan fingerprint density at radius 3 is 2.54 bits per heavy atom. The molecule has 2 aromatic carbocycles. The number of thioether (sulfide) groups is 1. The molecule has 4 rings (SSSR count). The normalized spacial score (nSPS) is 19.4. The Hall–Kier alpha value is -2.23. The van der Waals surface area contributed by atoms with Gasteiger partial charge in [-0.25, -0.2) is 8.42 Å². The first-order chi connectivity index (χ1) is 13.4. The fraction of sp³-hybridized carbons (Fsp3) is 0.316. The number of amides is 1. The van der Waals surface area contributed by atoms with Crippen molar-refractivity contribution in [3.05, 3.63) is 48.0 Å². The molecule has 2 aliphatic rings. The molecule has 9 heteroatoms. The average molecular weight is 421 g/mol. The predicted octanol–water partition coefficient (Wildman–Crippen LogP) is 2.85. The summed E-state index contributed by atoms with van der Waals surface area (Å²) in [4.78, 5) is 11.3. The molecule has 1 fully saturated rings. The number of benzene rings is 2. The van der Waals surface area contributed by atoms with Crippen LogP contribution in [-0.2, 0) is 14.8 Å². The lowest BCUT2D eigenvalue weighted by molar-refractivity contribution is -0.114. The highest BCUT2D eigenvalue weighted by molar-refractivity contribution is 8.01. The van der Waals surface area contributed by atoms with Crippen LogP contribution in [0.5, 0.6) is 11.5 Å². The third-order valence-electron chi connectivity index (χ3n) is 4.48. The summed E-state index contributed by atoms with van der Waals surface area (Å²) < 4.78 is 39.1. The van der Waals surface area contributed by atoms with E-state index in [4.69, 9.17) is 9.47 Å². The topological polar surface area (TPSA) is 84.9 Å². The lowest BCUT2D eigenvalue weighted by atomic mass is 10.2. The Labute approximate surface area is 168 Å². The first-order valence-electron chi connectivity index (χ1n) is 8.86. The van der Waals surface area contributed by atoms with Crippen molar-refractivity contribution in [2.75, 3.05) is 30.8 Å². The van der Waals surface area contributed by atoms with Crippen molar-refractivity contribution >= 4 is 33.4 Å². The van der Waals surface area contributed by atoms with Crippen LogP contribution in [0.3, 0.4) is 0 Å². The van der Waals surface area contributed by atoms with Crippen molar-refractivity contribution in [2.24, 2.45) is 0 Å². The van der Waals surface area contributed by atoms with E-state index in [1.807, 2.05) is 18.2 Å². The summed E-state index contributed by atoms with van der Waals surface area (Å²) in [5, 5.41) is 2.32. The summed E-state index contributed by atoms with van der Waals surface area (Å²) in [6.45, 7) is 2.83. The Morgan fingerprint density at radius 2 is 1.82 bits per heavy atom. The number of carbonyl (C=O) groups is 1. The van der Waals surface area contributed by atoms with Gasteiger partial charge in [0.05, 0.1) is 10.3 Å². The van der Waals surface area contributed by atoms with E-state index in [9.17, 15) is 13.2 Å². The second-order valence-corrected chi connectivity index (χ2v) is 9.53. The quantitative estimate of drug-likeness (QED) is 0.819. The van der Waals surface area contributed by atoms with E-state index >= 15 is 0 Å². The summed E-state index contributed by atoms with van der Waals surface area (Å²) in [6, 6.07) is 11.8. The van der Waals surface area contributed by atoms with Crippen molar-refractivity contribution in [3.8, 4) is 11.5 Å². The van der Waals surface area contributed by atoms with Gasteiger partial charge in [0, 0.05) is 24.9 Å². The largest absolute Gasteiger partial charge is 0.486 e. The molecule has 1 saturated heterocycles. The number of carbonyl (C=O) groups excluding carboxylic acids is 1. The highest BCUT2D eigenvalue weighted by atomic mass is 32.2. The van der Waals surface area contributed by atoms with E-state index in [0.29, 0.717) is 42.7 Å². The number of nitrogens with zero attached hydrogens (tertiary/aromatic N) is 1. The van der Waals surface area contributed by atoms with Crippen LogP contribution in [0.15, 0.2) is 47.4 Å². The van der Waals surface area contributed by atoms with Gasteiger partial charge < -0.3 is 14.8 Å². The Kier molecular flexibility index (Phi) is 5.22. The number of nitrogens with one attached hydrogen (secondary N) is 1. The van der Waals surface area contributed by atoms with Crippen molar-refractivity contribution in [1.82, 2.24) is 4.31 Å². The van der Waals surface area contributed by atoms with Gasteiger partial charge in [0.2, 0.25) is 15.9 Å². The maximum atomic E-state index is 13.2. The summed E-state index contributed by atoms with van der Waals surface area (Å²) in [5.41, 5.74) is 1.43. The number of sulfonamides is 1. The molecular weight excluding hydrogens is 400 g/mol. The average Bonchev–Trinajstić information content (AvgIpc) is 3.18. The van der Waals surface area contributed by atoms with Crippen LogP contribution in [0.1, 0.15) is 17.9 Å². The number of anilines is 1. The second-order valence-electron chi connectivity index (χ2n) is 6.45. The van der Waals surface area contributed by atoms with E-state index in [2.05, 4.69) is 5.32 Å². The molecule has 2 heterocycles.